The quantitative estimate of drug-likeness (QED) is 0.105. The summed E-state index contributed by atoms with van der Waals surface area (Å²) < 4.78 is 83.7. The number of fused-ring (bicyclic) bond motifs is 3. The summed E-state index contributed by atoms with van der Waals surface area (Å²) in [5.74, 6) is -1.81. The van der Waals surface area contributed by atoms with Crippen LogP contribution >= 0.6 is 0 Å². The normalized spacial score (nSPS) is 17.2. The van der Waals surface area contributed by atoms with E-state index in [-0.39, 0.29) is 43.0 Å². The molecule has 51 heavy (non-hydrogen) atoms. The number of methoxy groups -OCH3 is 1. The van der Waals surface area contributed by atoms with E-state index in [1.165, 1.54) is 18.1 Å². The van der Waals surface area contributed by atoms with Crippen LogP contribution < -0.4 is 4.74 Å². The minimum absolute atomic E-state index is 0.00748. The first kappa shape index (κ1) is 34.8. The van der Waals surface area contributed by atoms with Crippen LogP contribution in [0, 0.1) is 11.6 Å². The number of hydrogen-bond acceptors (Lipinski definition) is 6. The molecule has 0 N–H and O–H groups in total. The molecular formula is C38H38F5N5O3. The van der Waals surface area contributed by atoms with Crippen LogP contribution in [0.5, 0.6) is 5.75 Å². The largest absolute Gasteiger partial charge is 0.490 e. The lowest BCUT2D eigenvalue weighted by atomic mass is 9.89. The molecule has 0 saturated heterocycles. The highest BCUT2D eigenvalue weighted by Gasteiger charge is 2.35. The molecule has 3 aliphatic rings. The molecule has 2 aromatic heterocycles. The smallest absolute Gasteiger partial charge is 0.401 e. The van der Waals surface area contributed by atoms with E-state index in [1.54, 1.807) is 4.90 Å². The third-order valence-electron chi connectivity index (χ3n) is 10.0. The Morgan fingerprint density at radius 2 is 1.78 bits per heavy atom. The summed E-state index contributed by atoms with van der Waals surface area (Å²) in [6, 6.07) is 9.31. The third-order valence-corrected chi connectivity index (χ3v) is 10.0. The van der Waals surface area contributed by atoms with Crippen molar-refractivity contribution < 1.29 is 36.2 Å². The molecule has 0 saturated carbocycles. The fourth-order valence-corrected chi connectivity index (χ4v) is 7.68. The summed E-state index contributed by atoms with van der Waals surface area (Å²) in [6.07, 6.45) is -0.554. The number of amides is 1. The second-order valence-corrected chi connectivity index (χ2v) is 13.2. The van der Waals surface area contributed by atoms with Gasteiger partial charge in [0.15, 0.2) is 0 Å². The molecule has 1 amide bonds. The molecule has 0 fully saturated rings. The fraction of sp³-hybridized carbons (Fsp3) is 0.395. The lowest BCUT2D eigenvalue weighted by molar-refractivity contribution is -0.147. The van der Waals surface area contributed by atoms with Gasteiger partial charge in [-0.3, -0.25) is 14.4 Å². The lowest BCUT2D eigenvalue weighted by Gasteiger charge is -2.33. The summed E-state index contributed by atoms with van der Waals surface area (Å²) in [6.45, 7) is 6.11. The van der Waals surface area contributed by atoms with Crippen LogP contribution in [0.25, 0.3) is 33.8 Å². The van der Waals surface area contributed by atoms with E-state index in [2.05, 4.69) is 6.58 Å². The lowest BCUT2D eigenvalue weighted by Crippen LogP contribution is -2.40. The Morgan fingerprint density at radius 3 is 2.55 bits per heavy atom. The highest BCUT2D eigenvalue weighted by Crippen LogP contribution is 2.47. The van der Waals surface area contributed by atoms with Gasteiger partial charge in [-0.2, -0.15) is 18.3 Å². The number of halogens is 5. The van der Waals surface area contributed by atoms with Crippen molar-refractivity contribution >= 4 is 5.91 Å². The Kier molecular flexibility index (Phi) is 9.44. The number of alkyl halides is 3. The number of hydrogen-bond donors (Lipinski definition) is 0. The van der Waals surface area contributed by atoms with Crippen molar-refractivity contribution in [1.82, 2.24) is 24.6 Å². The Morgan fingerprint density at radius 1 is 0.980 bits per heavy atom. The molecular weight excluding hydrogens is 669 g/mol. The van der Waals surface area contributed by atoms with Crippen LogP contribution in [0.2, 0.25) is 0 Å². The average molecular weight is 708 g/mol. The fourth-order valence-electron chi connectivity index (χ4n) is 7.68. The first-order valence-electron chi connectivity index (χ1n) is 17.0. The molecule has 2 aliphatic heterocycles. The molecule has 4 aromatic rings. The Bertz CT molecular complexity index is 2010. The van der Waals surface area contributed by atoms with Gasteiger partial charge in [0, 0.05) is 50.0 Å². The van der Waals surface area contributed by atoms with Crippen molar-refractivity contribution in [1.29, 1.82) is 0 Å². The van der Waals surface area contributed by atoms with E-state index < -0.39 is 24.4 Å². The maximum Gasteiger partial charge on any atom is 0.401 e. The van der Waals surface area contributed by atoms with Gasteiger partial charge in [0.1, 0.15) is 29.7 Å². The van der Waals surface area contributed by atoms with Gasteiger partial charge in [-0.15, -0.1) is 0 Å². The molecule has 4 heterocycles. The number of pyridine rings is 1. The molecule has 7 rings (SSSR count). The topological polar surface area (TPSA) is 72.7 Å². The SMILES string of the molecule is C=CC(=O)N1CCn2nc(-c3nc(-c4ccc5c(c4)CN(CC(F)(F)F)CC5)c4c(c3-c3c(F)cc(F)cc3OCCOC)CCC4)cc2C1C. The highest BCUT2D eigenvalue weighted by atomic mass is 19.4. The van der Waals surface area contributed by atoms with Gasteiger partial charge < -0.3 is 14.4 Å². The molecule has 8 nitrogen and oxygen atoms in total. The maximum atomic E-state index is 16.2. The molecule has 268 valence electrons. The predicted octanol–water partition coefficient (Wildman–Crippen LogP) is 7.08. The number of ether oxygens (including phenoxy) is 2. The zero-order valence-corrected chi connectivity index (χ0v) is 28.5. The second-order valence-electron chi connectivity index (χ2n) is 13.2. The number of rotatable bonds is 9. The molecule has 0 spiro atoms. The minimum Gasteiger partial charge on any atom is -0.490 e. The molecule has 1 unspecified atom stereocenters. The molecule has 13 heteroatoms. The first-order valence-corrected chi connectivity index (χ1v) is 17.0. The molecule has 1 aliphatic carbocycles. The zero-order valence-electron chi connectivity index (χ0n) is 28.5. The summed E-state index contributed by atoms with van der Waals surface area (Å²) in [5, 5.41) is 4.92. The summed E-state index contributed by atoms with van der Waals surface area (Å²) in [4.78, 5) is 21.0. The van der Waals surface area contributed by atoms with Gasteiger partial charge in [0.05, 0.1) is 48.4 Å². The van der Waals surface area contributed by atoms with Gasteiger partial charge in [0.25, 0.3) is 0 Å². The first-order chi connectivity index (χ1) is 24.5. The standard InChI is InChI=1S/C38H38F5N5O3/c1-4-33(49)47-12-13-48-31(22(47)2)19-30(45-48)37-34(35-29(40)17-26(39)18-32(35)51-15-14-50-3)27-6-5-7-28(27)36(44-37)24-9-8-23-10-11-46(20-25(23)16-24)21-38(41,42)43/h4,8-9,16-19,22H,1,5-7,10-15,20-21H2,2-3H3. The van der Waals surface area contributed by atoms with Crippen molar-refractivity contribution in [2.45, 2.75) is 57.9 Å². The van der Waals surface area contributed by atoms with Crippen LogP contribution in [-0.4, -0.2) is 76.6 Å². The highest BCUT2D eigenvalue weighted by molar-refractivity contribution is 5.90. The maximum absolute atomic E-state index is 16.2. The van der Waals surface area contributed by atoms with Gasteiger partial charge in [0.2, 0.25) is 5.91 Å². The van der Waals surface area contributed by atoms with E-state index in [0.717, 1.165) is 52.1 Å². The number of aromatic nitrogens is 3. The average Bonchev–Trinajstić information content (AvgIpc) is 3.75. The van der Waals surface area contributed by atoms with E-state index in [9.17, 15) is 22.4 Å². The zero-order chi connectivity index (χ0) is 36.0. The van der Waals surface area contributed by atoms with Crippen LogP contribution in [0.15, 0.2) is 49.1 Å². The van der Waals surface area contributed by atoms with Crippen molar-refractivity contribution in [3.05, 3.63) is 88.6 Å². The van der Waals surface area contributed by atoms with Crippen LogP contribution in [0.1, 0.15) is 47.3 Å². The van der Waals surface area contributed by atoms with Crippen LogP contribution in [0.3, 0.4) is 0 Å². The van der Waals surface area contributed by atoms with Gasteiger partial charge in [-0.05, 0) is 73.1 Å². The van der Waals surface area contributed by atoms with Crippen LogP contribution in [0.4, 0.5) is 22.0 Å². The molecule has 0 radical (unpaired) electrons. The van der Waals surface area contributed by atoms with E-state index in [4.69, 9.17) is 19.6 Å². The summed E-state index contributed by atoms with van der Waals surface area (Å²) >= 11 is 0. The monoisotopic (exact) mass is 707 g/mol. The van der Waals surface area contributed by atoms with Gasteiger partial charge in [-0.1, -0.05) is 18.7 Å². The Hall–Kier alpha value is -4.62. The van der Waals surface area contributed by atoms with E-state index >= 15 is 4.39 Å². The summed E-state index contributed by atoms with van der Waals surface area (Å²) in [5.41, 5.74) is 6.98. The number of benzene rings is 2. The molecule has 0 bridgehead atoms. The molecule has 1 atom stereocenters. The molecule has 2 aromatic carbocycles. The van der Waals surface area contributed by atoms with E-state index in [1.807, 2.05) is 35.9 Å². The second kappa shape index (κ2) is 13.8. The van der Waals surface area contributed by atoms with Gasteiger partial charge in [-0.25, -0.2) is 13.8 Å². The number of nitrogens with zero attached hydrogens (tertiary/aromatic N) is 5. The Balaban J connectivity index is 1.42. The van der Waals surface area contributed by atoms with Crippen molar-refractivity contribution in [2.75, 3.05) is 40.0 Å². The third kappa shape index (κ3) is 6.76. The van der Waals surface area contributed by atoms with Crippen molar-refractivity contribution in [3.8, 4) is 39.5 Å². The minimum atomic E-state index is -4.30. The van der Waals surface area contributed by atoms with Crippen LogP contribution in [-0.2, 0) is 41.9 Å². The number of carbonyl (C=O) groups excluding carboxylic acids is 1. The van der Waals surface area contributed by atoms with E-state index in [0.29, 0.717) is 61.5 Å². The van der Waals surface area contributed by atoms with Crippen molar-refractivity contribution in [2.24, 2.45) is 0 Å². The Labute approximate surface area is 292 Å². The number of carbonyl (C=O) groups is 1. The van der Waals surface area contributed by atoms with Crippen molar-refractivity contribution in [3.63, 3.8) is 0 Å². The van der Waals surface area contributed by atoms with Gasteiger partial charge >= 0.3 is 6.18 Å². The predicted molar refractivity (Wildman–Crippen MR) is 181 cm³/mol. The summed E-state index contributed by atoms with van der Waals surface area (Å²) in [7, 11) is 1.50.